The second kappa shape index (κ2) is 6.12. The summed E-state index contributed by atoms with van der Waals surface area (Å²) in [6, 6.07) is 7.80. The van der Waals surface area contributed by atoms with Gasteiger partial charge < -0.3 is 9.80 Å². The summed E-state index contributed by atoms with van der Waals surface area (Å²) in [5.41, 5.74) is 1.38. The van der Waals surface area contributed by atoms with Crippen LogP contribution in [0.3, 0.4) is 0 Å². The van der Waals surface area contributed by atoms with Crippen LogP contribution in [0.15, 0.2) is 36.7 Å². The lowest BCUT2D eigenvalue weighted by Gasteiger charge is -2.35. The van der Waals surface area contributed by atoms with Gasteiger partial charge in [-0.05, 0) is 25.1 Å². The number of anilines is 1. The van der Waals surface area contributed by atoms with Gasteiger partial charge in [0.2, 0.25) is 0 Å². The normalized spacial score (nSPS) is 15.0. The van der Waals surface area contributed by atoms with E-state index in [1.54, 1.807) is 23.4 Å². The van der Waals surface area contributed by atoms with Gasteiger partial charge in [0.15, 0.2) is 0 Å². The molecule has 0 aliphatic carbocycles. The molecular weight excluding hydrogens is 323 g/mol. The fourth-order valence-electron chi connectivity index (χ4n) is 3.05. The molecule has 1 aliphatic rings. The molecule has 0 atom stereocenters. The highest BCUT2D eigenvalue weighted by Crippen LogP contribution is 2.18. The zero-order chi connectivity index (χ0) is 17.4. The van der Waals surface area contributed by atoms with Crippen LogP contribution < -0.4 is 4.90 Å². The van der Waals surface area contributed by atoms with Gasteiger partial charge in [0, 0.05) is 43.5 Å². The van der Waals surface area contributed by atoms with Crippen molar-refractivity contribution in [3.05, 3.63) is 53.7 Å². The molecule has 8 heteroatoms. The predicted octanol–water partition coefficient (Wildman–Crippen LogP) is 1.53. The van der Waals surface area contributed by atoms with Gasteiger partial charge in [0.25, 0.3) is 11.7 Å². The first kappa shape index (κ1) is 15.5. The molecule has 1 saturated heterocycles. The van der Waals surface area contributed by atoms with E-state index in [2.05, 4.69) is 20.1 Å². The van der Waals surface area contributed by atoms with Crippen LogP contribution in [-0.4, -0.2) is 56.6 Å². The van der Waals surface area contributed by atoms with E-state index in [0.717, 1.165) is 11.5 Å². The smallest absolute Gasteiger partial charge is 0.256 e. The van der Waals surface area contributed by atoms with E-state index in [9.17, 15) is 9.18 Å². The van der Waals surface area contributed by atoms with Crippen molar-refractivity contribution in [2.75, 3.05) is 31.1 Å². The summed E-state index contributed by atoms with van der Waals surface area (Å²) in [7, 11) is 0. The number of halogens is 1. The second-order valence-electron chi connectivity index (χ2n) is 6.05. The van der Waals surface area contributed by atoms with Crippen molar-refractivity contribution in [3.63, 3.8) is 0 Å². The Labute approximate surface area is 143 Å². The van der Waals surface area contributed by atoms with E-state index in [0.29, 0.717) is 37.5 Å². The van der Waals surface area contributed by atoms with E-state index in [4.69, 9.17) is 0 Å². The molecule has 0 saturated carbocycles. The van der Waals surface area contributed by atoms with E-state index >= 15 is 0 Å². The molecule has 1 fully saturated rings. The molecule has 4 rings (SSSR count). The zero-order valence-corrected chi connectivity index (χ0v) is 13.8. The van der Waals surface area contributed by atoms with Crippen LogP contribution in [0, 0.1) is 12.7 Å². The van der Waals surface area contributed by atoms with Gasteiger partial charge >= 0.3 is 0 Å². The number of piperazine rings is 1. The number of carbonyl (C=O) groups excluding carboxylic acids is 1. The molecule has 0 spiro atoms. The maximum absolute atomic E-state index is 13.3. The molecule has 1 aliphatic heterocycles. The first-order valence-electron chi connectivity index (χ1n) is 8.09. The molecule has 7 nitrogen and oxygen atoms in total. The van der Waals surface area contributed by atoms with Gasteiger partial charge in [-0.2, -0.15) is 4.98 Å². The zero-order valence-electron chi connectivity index (χ0n) is 13.8. The van der Waals surface area contributed by atoms with Crippen molar-refractivity contribution in [1.82, 2.24) is 24.5 Å². The average Bonchev–Trinajstić information content (AvgIpc) is 3.10. The van der Waals surface area contributed by atoms with Crippen molar-refractivity contribution in [2.45, 2.75) is 6.92 Å². The molecular formula is C17H17FN6O. The lowest BCUT2D eigenvalue weighted by molar-refractivity contribution is 0.0746. The van der Waals surface area contributed by atoms with Crippen molar-refractivity contribution in [3.8, 4) is 0 Å². The van der Waals surface area contributed by atoms with Gasteiger partial charge in [-0.15, -0.1) is 10.2 Å². The second-order valence-corrected chi connectivity index (χ2v) is 6.05. The predicted molar refractivity (Wildman–Crippen MR) is 90.0 cm³/mol. The molecule has 3 aromatic rings. The molecule has 0 bridgehead atoms. The topological polar surface area (TPSA) is 66.6 Å². The Morgan fingerprint density at radius 3 is 2.72 bits per heavy atom. The Balaban J connectivity index is 1.48. The van der Waals surface area contributed by atoms with E-state index in [1.807, 2.05) is 17.4 Å². The maximum Gasteiger partial charge on any atom is 0.256 e. The van der Waals surface area contributed by atoms with Crippen LogP contribution in [0.1, 0.15) is 16.1 Å². The first-order chi connectivity index (χ1) is 12.1. The Bertz CT molecular complexity index is 932. The SMILES string of the molecule is Cc1cc(N2CCN(C(=O)c3cccc(F)c3)CC2)nc2nncn12. The van der Waals surface area contributed by atoms with E-state index < -0.39 is 5.82 Å². The minimum Gasteiger partial charge on any atom is -0.353 e. The van der Waals surface area contributed by atoms with Gasteiger partial charge in [-0.1, -0.05) is 6.07 Å². The molecule has 0 radical (unpaired) electrons. The van der Waals surface area contributed by atoms with Crippen molar-refractivity contribution < 1.29 is 9.18 Å². The molecule has 0 N–H and O–H groups in total. The molecule has 0 unspecified atom stereocenters. The molecule has 25 heavy (non-hydrogen) atoms. The average molecular weight is 340 g/mol. The van der Waals surface area contributed by atoms with Crippen molar-refractivity contribution in [1.29, 1.82) is 0 Å². The Morgan fingerprint density at radius 1 is 1.16 bits per heavy atom. The van der Waals surface area contributed by atoms with Gasteiger partial charge in [-0.25, -0.2) is 4.39 Å². The Hall–Kier alpha value is -3.03. The minimum absolute atomic E-state index is 0.142. The standard InChI is InChI=1S/C17H17FN6O/c1-12-9-15(20-17-21-19-11-24(12)17)22-5-7-23(8-6-22)16(25)13-3-2-4-14(18)10-13/h2-4,9-11H,5-8H2,1H3. The van der Waals surface area contributed by atoms with Crippen LogP contribution in [0.5, 0.6) is 0 Å². The van der Waals surface area contributed by atoms with Gasteiger partial charge in [0.1, 0.15) is 18.0 Å². The number of fused-ring (bicyclic) bond motifs is 1. The fraction of sp³-hybridized carbons (Fsp3) is 0.294. The summed E-state index contributed by atoms with van der Waals surface area (Å²) in [5.74, 6) is 0.853. The van der Waals surface area contributed by atoms with Crippen LogP contribution in [0.4, 0.5) is 10.2 Å². The minimum atomic E-state index is -0.397. The number of rotatable bonds is 2. The summed E-state index contributed by atoms with van der Waals surface area (Å²) < 4.78 is 15.1. The molecule has 3 heterocycles. The summed E-state index contributed by atoms with van der Waals surface area (Å²) in [4.78, 5) is 20.9. The lowest BCUT2D eigenvalue weighted by Crippen LogP contribution is -2.49. The third kappa shape index (κ3) is 2.90. The number of hydrogen-bond acceptors (Lipinski definition) is 5. The quantitative estimate of drug-likeness (QED) is 0.708. The van der Waals surface area contributed by atoms with Crippen LogP contribution in [-0.2, 0) is 0 Å². The van der Waals surface area contributed by atoms with Gasteiger partial charge in [-0.3, -0.25) is 9.20 Å². The van der Waals surface area contributed by atoms with Gasteiger partial charge in [0.05, 0.1) is 0 Å². The highest BCUT2D eigenvalue weighted by atomic mass is 19.1. The lowest BCUT2D eigenvalue weighted by atomic mass is 10.1. The Morgan fingerprint density at radius 2 is 1.96 bits per heavy atom. The number of benzene rings is 1. The third-order valence-electron chi connectivity index (χ3n) is 4.42. The van der Waals surface area contributed by atoms with Crippen LogP contribution in [0.2, 0.25) is 0 Å². The van der Waals surface area contributed by atoms with Crippen molar-refractivity contribution >= 4 is 17.5 Å². The maximum atomic E-state index is 13.3. The first-order valence-corrected chi connectivity index (χ1v) is 8.09. The number of aromatic nitrogens is 4. The summed E-state index contributed by atoms with van der Waals surface area (Å²) in [5, 5.41) is 7.87. The summed E-state index contributed by atoms with van der Waals surface area (Å²) in [6.45, 7) is 4.43. The number of carbonyl (C=O) groups is 1. The van der Waals surface area contributed by atoms with E-state index in [1.165, 1.54) is 12.1 Å². The number of hydrogen-bond donors (Lipinski definition) is 0. The number of amides is 1. The third-order valence-corrected chi connectivity index (χ3v) is 4.42. The highest BCUT2D eigenvalue weighted by Gasteiger charge is 2.23. The highest BCUT2D eigenvalue weighted by molar-refractivity contribution is 5.94. The van der Waals surface area contributed by atoms with Crippen molar-refractivity contribution in [2.24, 2.45) is 0 Å². The fourth-order valence-corrected chi connectivity index (χ4v) is 3.05. The van der Waals surface area contributed by atoms with Crippen LogP contribution >= 0.6 is 0 Å². The largest absolute Gasteiger partial charge is 0.353 e. The molecule has 128 valence electrons. The summed E-state index contributed by atoms with van der Waals surface area (Å²) in [6.07, 6.45) is 1.64. The van der Waals surface area contributed by atoms with Crippen LogP contribution in [0.25, 0.3) is 5.78 Å². The molecule has 1 aromatic carbocycles. The molecule has 1 amide bonds. The Kier molecular flexibility index (Phi) is 3.79. The summed E-state index contributed by atoms with van der Waals surface area (Å²) >= 11 is 0. The monoisotopic (exact) mass is 340 g/mol. The number of nitrogens with zero attached hydrogens (tertiary/aromatic N) is 6. The molecule has 2 aromatic heterocycles. The number of aryl methyl sites for hydroxylation is 1. The van der Waals surface area contributed by atoms with E-state index in [-0.39, 0.29) is 5.91 Å².